The van der Waals surface area contributed by atoms with Crippen LogP contribution >= 0.6 is 0 Å². The summed E-state index contributed by atoms with van der Waals surface area (Å²) in [5.41, 5.74) is 2.02. The lowest BCUT2D eigenvalue weighted by atomic mass is 10.0. The molecule has 0 fully saturated rings. The number of alkyl halides is 2. The molecule has 94 valence electrons. The van der Waals surface area contributed by atoms with Gasteiger partial charge in [0.1, 0.15) is 11.4 Å². The van der Waals surface area contributed by atoms with Crippen molar-refractivity contribution in [3.8, 4) is 5.75 Å². The Morgan fingerprint density at radius 3 is 2.88 bits per heavy atom. The molecule has 0 amide bonds. The molecule has 0 saturated heterocycles. The zero-order valence-corrected chi connectivity index (χ0v) is 10.1. The van der Waals surface area contributed by atoms with Crippen molar-refractivity contribution >= 4 is 0 Å². The van der Waals surface area contributed by atoms with Gasteiger partial charge in [-0.15, -0.1) is 0 Å². The molecule has 0 spiro atoms. The third-order valence-electron chi connectivity index (χ3n) is 2.76. The van der Waals surface area contributed by atoms with Gasteiger partial charge in [-0.05, 0) is 31.0 Å². The Kier molecular flexibility index (Phi) is 3.33. The smallest absolute Gasteiger partial charge is 0.250 e. The van der Waals surface area contributed by atoms with Crippen LogP contribution in [0.1, 0.15) is 25.0 Å². The zero-order chi connectivity index (χ0) is 12.5. The van der Waals surface area contributed by atoms with E-state index in [4.69, 9.17) is 4.74 Å². The fourth-order valence-corrected chi connectivity index (χ4v) is 2.10. The summed E-state index contributed by atoms with van der Waals surface area (Å²) in [5, 5.41) is 2.72. The van der Waals surface area contributed by atoms with Crippen molar-refractivity contribution in [2.24, 2.45) is 0 Å². The number of rotatable bonds is 4. The van der Waals surface area contributed by atoms with E-state index in [-0.39, 0.29) is 12.1 Å². The molecule has 2 rings (SSSR count). The van der Waals surface area contributed by atoms with E-state index in [0.717, 1.165) is 23.3 Å². The summed E-state index contributed by atoms with van der Waals surface area (Å²) in [5.74, 6) is 0.910. The van der Waals surface area contributed by atoms with Crippen LogP contribution in [0.4, 0.5) is 8.78 Å². The maximum Gasteiger partial charge on any atom is 0.250 e. The van der Waals surface area contributed by atoms with Crippen LogP contribution in [0.25, 0.3) is 0 Å². The van der Waals surface area contributed by atoms with E-state index in [1.165, 1.54) is 0 Å². The first-order valence-corrected chi connectivity index (χ1v) is 5.76. The molecule has 0 bridgehead atoms. The van der Waals surface area contributed by atoms with Gasteiger partial charge < -0.3 is 10.1 Å². The molecule has 0 atom stereocenters. The fraction of sp³-hybridized carbons (Fsp3) is 0.538. The van der Waals surface area contributed by atoms with Crippen molar-refractivity contribution in [1.82, 2.24) is 5.32 Å². The van der Waals surface area contributed by atoms with Gasteiger partial charge in [-0.2, -0.15) is 0 Å². The highest BCUT2D eigenvalue weighted by atomic mass is 19.3. The van der Waals surface area contributed by atoms with E-state index in [0.29, 0.717) is 6.54 Å². The van der Waals surface area contributed by atoms with Crippen LogP contribution in [0.5, 0.6) is 5.75 Å². The van der Waals surface area contributed by atoms with Gasteiger partial charge >= 0.3 is 0 Å². The van der Waals surface area contributed by atoms with Crippen LogP contribution in [0.2, 0.25) is 0 Å². The minimum absolute atomic E-state index is 0.155. The van der Waals surface area contributed by atoms with Crippen LogP contribution in [0.15, 0.2) is 18.2 Å². The molecule has 4 heteroatoms. The molecule has 1 aromatic carbocycles. The Bertz CT molecular complexity index is 404. The molecule has 1 aromatic rings. The number of hydrogen-bond acceptors (Lipinski definition) is 2. The van der Waals surface area contributed by atoms with Gasteiger partial charge in [0.05, 0.1) is 6.54 Å². The Morgan fingerprint density at radius 1 is 1.41 bits per heavy atom. The van der Waals surface area contributed by atoms with Gasteiger partial charge in [-0.25, -0.2) is 8.78 Å². The van der Waals surface area contributed by atoms with Crippen molar-refractivity contribution < 1.29 is 13.5 Å². The van der Waals surface area contributed by atoms with Gasteiger partial charge in [0.15, 0.2) is 0 Å². The second-order valence-electron chi connectivity index (χ2n) is 5.00. The van der Waals surface area contributed by atoms with Crippen molar-refractivity contribution in [2.75, 3.05) is 6.54 Å². The Morgan fingerprint density at radius 2 is 2.18 bits per heavy atom. The van der Waals surface area contributed by atoms with Crippen LogP contribution in [0.3, 0.4) is 0 Å². The first-order valence-electron chi connectivity index (χ1n) is 5.76. The summed E-state index contributed by atoms with van der Waals surface area (Å²) in [6.07, 6.45) is -1.43. The second-order valence-corrected chi connectivity index (χ2v) is 5.00. The second kappa shape index (κ2) is 4.61. The van der Waals surface area contributed by atoms with Crippen molar-refractivity contribution in [3.63, 3.8) is 0 Å². The Balaban J connectivity index is 1.99. The maximum absolute atomic E-state index is 12.0. The molecular weight excluding hydrogens is 224 g/mol. The molecule has 1 aliphatic heterocycles. The highest BCUT2D eigenvalue weighted by Crippen LogP contribution is 2.35. The quantitative estimate of drug-likeness (QED) is 0.875. The fourth-order valence-electron chi connectivity index (χ4n) is 2.10. The lowest BCUT2D eigenvalue weighted by molar-refractivity contribution is 0.138. The molecule has 0 radical (unpaired) electrons. The zero-order valence-electron chi connectivity index (χ0n) is 10.1. The molecule has 0 saturated carbocycles. The molecule has 2 nitrogen and oxygen atoms in total. The predicted molar refractivity (Wildman–Crippen MR) is 62.6 cm³/mol. The number of nitrogens with one attached hydrogen (secondary N) is 1. The molecule has 1 heterocycles. The normalized spacial score (nSPS) is 17.0. The average molecular weight is 241 g/mol. The average Bonchev–Trinajstić information content (AvgIpc) is 2.50. The van der Waals surface area contributed by atoms with Crippen LogP contribution < -0.4 is 10.1 Å². The number of benzene rings is 1. The van der Waals surface area contributed by atoms with E-state index in [2.05, 4.69) is 5.32 Å². The van der Waals surface area contributed by atoms with Gasteiger partial charge in [0.2, 0.25) is 0 Å². The third kappa shape index (κ3) is 3.16. The number of ether oxygens (including phenoxy) is 1. The molecule has 1 N–H and O–H groups in total. The van der Waals surface area contributed by atoms with Gasteiger partial charge in [0, 0.05) is 13.0 Å². The van der Waals surface area contributed by atoms with Crippen molar-refractivity contribution in [3.05, 3.63) is 29.3 Å². The first kappa shape index (κ1) is 12.3. The van der Waals surface area contributed by atoms with E-state index < -0.39 is 6.43 Å². The molecule has 0 aliphatic carbocycles. The van der Waals surface area contributed by atoms with E-state index in [9.17, 15) is 8.78 Å². The topological polar surface area (TPSA) is 21.3 Å². The molecule has 17 heavy (non-hydrogen) atoms. The summed E-state index contributed by atoms with van der Waals surface area (Å²) in [4.78, 5) is 0. The predicted octanol–water partition coefficient (Wildman–Crippen LogP) is 2.75. The van der Waals surface area contributed by atoms with Crippen LogP contribution in [0, 0.1) is 0 Å². The first-order chi connectivity index (χ1) is 7.96. The lowest BCUT2D eigenvalue weighted by Gasteiger charge is -2.16. The van der Waals surface area contributed by atoms with E-state index >= 15 is 0 Å². The molecule has 0 aromatic heterocycles. The van der Waals surface area contributed by atoms with E-state index in [1.54, 1.807) is 0 Å². The highest BCUT2D eigenvalue weighted by molar-refractivity contribution is 5.41. The summed E-state index contributed by atoms with van der Waals surface area (Å²) >= 11 is 0. The number of fused-ring (bicyclic) bond motifs is 1. The Hall–Kier alpha value is -1.16. The molecular formula is C13H17F2NO. The maximum atomic E-state index is 12.0. The summed E-state index contributed by atoms with van der Waals surface area (Å²) in [7, 11) is 0. The third-order valence-corrected chi connectivity index (χ3v) is 2.76. The summed E-state index contributed by atoms with van der Waals surface area (Å²) < 4.78 is 29.7. The van der Waals surface area contributed by atoms with Crippen LogP contribution in [-0.2, 0) is 13.0 Å². The standard InChI is InChI=1S/C13H17F2NO/c1-13(2)6-10-5-9(3-4-11(10)17-13)7-16-8-12(14)15/h3-5,12,16H,6-8H2,1-2H3. The van der Waals surface area contributed by atoms with Crippen molar-refractivity contribution in [2.45, 2.75) is 38.8 Å². The van der Waals surface area contributed by atoms with Crippen molar-refractivity contribution in [1.29, 1.82) is 0 Å². The lowest BCUT2D eigenvalue weighted by Crippen LogP contribution is -2.24. The SMILES string of the molecule is CC1(C)Cc2cc(CNCC(F)F)ccc2O1. The molecule has 0 unspecified atom stereocenters. The Labute approximate surface area is 100.0 Å². The number of halogens is 2. The molecule has 1 aliphatic rings. The largest absolute Gasteiger partial charge is 0.487 e. The monoisotopic (exact) mass is 241 g/mol. The summed E-state index contributed by atoms with van der Waals surface area (Å²) in [6.45, 7) is 4.29. The van der Waals surface area contributed by atoms with Gasteiger partial charge in [-0.1, -0.05) is 12.1 Å². The minimum atomic E-state index is -2.30. The minimum Gasteiger partial charge on any atom is -0.487 e. The van der Waals surface area contributed by atoms with Crippen LogP contribution in [-0.4, -0.2) is 18.6 Å². The number of hydrogen-bond donors (Lipinski definition) is 1. The van der Waals surface area contributed by atoms with Gasteiger partial charge in [0.25, 0.3) is 6.43 Å². The van der Waals surface area contributed by atoms with E-state index in [1.807, 2.05) is 32.0 Å². The summed E-state index contributed by atoms with van der Waals surface area (Å²) in [6, 6.07) is 5.87. The van der Waals surface area contributed by atoms with Gasteiger partial charge in [-0.3, -0.25) is 0 Å². The highest BCUT2D eigenvalue weighted by Gasteiger charge is 2.29.